The van der Waals surface area contributed by atoms with Gasteiger partial charge in [-0.05, 0) is 25.8 Å². The maximum atomic E-state index is 13.3. The van der Waals surface area contributed by atoms with Crippen molar-refractivity contribution in [3.05, 3.63) is 53.8 Å². The second-order valence-electron chi connectivity index (χ2n) is 7.98. The van der Waals surface area contributed by atoms with Crippen LogP contribution in [0.1, 0.15) is 30.8 Å². The van der Waals surface area contributed by atoms with E-state index in [-0.39, 0.29) is 12.0 Å². The Labute approximate surface area is 185 Å². The summed E-state index contributed by atoms with van der Waals surface area (Å²) in [5, 5.41) is 15.5. The number of rotatable bonds is 9. The second-order valence-corrected chi connectivity index (χ2v) is 7.98. The average molecular weight is 442 g/mol. The van der Waals surface area contributed by atoms with Crippen LogP contribution in [0.4, 0.5) is 10.1 Å². The highest BCUT2D eigenvalue weighted by atomic mass is 19.1. The summed E-state index contributed by atoms with van der Waals surface area (Å²) < 4.78 is 13.3. The summed E-state index contributed by atoms with van der Waals surface area (Å²) in [4.78, 5) is 25.4. The minimum atomic E-state index is -0.969. The molecule has 1 unspecified atom stereocenters. The van der Waals surface area contributed by atoms with Crippen LogP contribution in [0, 0.1) is 24.2 Å². The fraction of sp³-hybridized carbons (Fsp3) is 0.429. The lowest BCUT2D eigenvalue weighted by Gasteiger charge is -2.41. The van der Waals surface area contributed by atoms with Gasteiger partial charge in [-0.3, -0.25) is 9.69 Å². The second kappa shape index (κ2) is 10.2. The van der Waals surface area contributed by atoms with E-state index in [4.69, 9.17) is 11.5 Å². The molecular weight excluding hydrogens is 413 g/mol. The zero-order valence-corrected chi connectivity index (χ0v) is 17.9. The molecule has 170 valence electrons. The normalized spacial score (nSPS) is 17.4. The first kappa shape index (κ1) is 23.2. The molecule has 10 nitrogen and oxygen atoms in total. The van der Waals surface area contributed by atoms with Crippen molar-refractivity contribution >= 4 is 11.6 Å². The molecule has 1 atom stereocenters. The van der Waals surface area contributed by atoms with Crippen LogP contribution in [0.25, 0.3) is 0 Å². The number of nitrogens with zero attached hydrogens (tertiary/aromatic N) is 4. The van der Waals surface area contributed by atoms with Crippen LogP contribution in [0.5, 0.6) is 0 Å². The number of piperidine rings is 1. The van der Waals surface area contributed by atoms with Gasteiger partial charge >= 0.3 is 0 Å². The lowest BCUT2D eigenvalue weighted by Crippen LogP contribution is -2.52. The van der Waals surface area contributed by atoms with E-state index in [1.54, 1.807) is 0 Å². The number of anilines is 1. The molecule has 3 rings (SSSR count). The number of likely N-dealkylation sites (tertiary alicyclic amines) is 1. The molecule has 32 heavy (non-hydrogen) atoms. The summed E-state index contributed by atoms with van der Waals surface area (Å²) in [6, 6.07) is 4.93. The highest BCUT2D eigenvalue weighted by molar-refractivity contribution is 5.93. The smallest absolute Gasteiger partial charge is 0.249 e. The summed E-state index contributed by atoms with van der Waals surface area (Å²) >= 11 is 0. The monoisotopic (exact) mass is 441 g/mol. The lowest BCUT2D eigenvalue weighted by molar-refractivity contribution is -0.114. The van der Waals surface area contributed by atoms with Gasteiger partial charge in [0.15, 0.2) is 0 Å². The average Bonchev–Trinajstić information content (AvgIpc) is 3.14. The van der Waals surface area contributed by atoms with E-state index in [0.29, 0.717) is 25.1 Å². The Kier molecular flexibility index (Phi) is 7.40. The van der Waals surface area contributed by atoms with E-state index in [1.165, 1.54) is 24.5 Å². The third-order valence-corrected chi connectivity index (χ3v) is 5.57. The molecule has 11 heteroatoms. The Morgan fingerprint density at radius 2 is 2.25 bits per heavy atom. The number of nitrogens with two attached hydrogens (primary N) is 2. The molecule has 2 aromatic rings. The standard InChI is InChI=1S/C21H28FN9O/c1-14-11-27-18(29-14)13-31-8-4-21(3-6-23,5-9-31)28-12-16(20(25)32)19(24)30-15-2-7-26-17(22)10-15/h2,7,10-12,19,28H,3-5,8-9,13,24H2,1H3,(H2,25,32)(H,26,30)(H,27,29)/b16-12+. The number of amides is 1. The van der Waals surface area contributed by atoms with Crippen molar-refractivity contribution in [3.63, 3.8) is 0 Å². The quantitative estimate of drug-likeness (QED) is 0.217. The number of aromatic amines is 1. The van der Waals surface area contributed by atoms with Gasteiger partial charge in [-0.1, -0.05) is 0 Å². The van der Waals surface area contributed by atoms with E-state index < -0.39 is 23.6 Å². The van der Waals surface area contributed by atoms with Crippen molar-refractivity contribution in [1.29, 1.82) is 5.26 Å². The molecule has 0 aromatic carbocycles. The van der Waals surface area contributed by atoms with Gasteiger partial charge in [-0.25, -0.2) is 9.97 Å². The van der Waals surface area contributed by atoms with Gasteiger partial charge < -0.3 is 27.1 Å². The Morgan fingerprint density at radius 3 is 2.84 bits per heavy atom. The number of primary amides is 1. The summed E-state index contributed by atoms with van der Waals surface area (Å²) in [5.41, 5.74) is 12.5. The predicted molar refractivity (Wildman–Crippen MR) is 117 cm³/mol. The number of H-pyrrole nitrogens is 1. The highest BCUT2D eigenvalue weighted by Crippen LogP contribution is 2.27. The van der Waals surface area contributed by atoms with Crippen molar-refractivity contribution in [3.8, 4) is 6.07 Å². The van der Waals surface area contributed by atoms with Crippen LogP contribution in [0.15, 0.2) is 36.3 Å². The summed E-state index contributed by atoms with van der Waals surface area (Å²) in [6.45, 7) is 4.16. The molecule has 0 spiro atoms. The number of hydrogen-bond acceptors (Lipinski definition) is 8. The third-order valence-electron chi connectivity index (χ3n) is 5.57. The zero-order valence-electron chi connectivity index (χ0n) is 17.9. The zero-order chi connectivity index (χ0) is 23.1. The minimum absolute atomic E-state index is 0.0908. The molecule has 0 bridgehead atoms. The van der Waals surface area contributed by atoms with Crippen LogP contribution < -0.4 is 22.1 Å². The molecule has 1 saturated heterocycles. The fourth-order valence-electron chi connectivity index (χ4n) is 3.72. The van der Waals surface area contributed by atoms with Gasteiger partial charge in [0, 0.05) is 43.4 Å². The van der Waals surface area contributed by atoms with Crippen molar-refractivity contribution in [2.24, 2.45) is 11.5 Å². The maximum Gasteiger partial charge on any atom is 0.249 e. The number of nitrogens with one attached hydrogen (secondary N) is 3. The van der Waals surface area contributed by atoms with Gasteiger partial charge in [0.05, 0.1) is 35.8 Å². The number of aromatic nitrogens is 3. The Bertz CT molecular complexity index is 1000. The van der Waals surface area contributed by atoms with Crippen LogP contribution in [-0.4, -0.2) is 50.6 Å². The molecule has 1 amide bonds. The van der Waals surface area contributed by atoms with E-state index in [0.717, 1.165) is 24.6 Å². The van der Waals surface area contributed by atoms with Crippen LogP contribution in [-0.2, 0) is 11.3 Å². The van der Waals surface area contributed by atoms with Crippen LogP contribution in [0.3, 0.4) is 0 Å². The first-order valence-corrected chi connectivity index (χ1v) is 10.3. The number of aryl methyl sites for hydroxylation is 1. The molecule has 3 heterocycles. The number of imidazole rings is 1. The molecule has 1 aliphatic heterocycles. The van der Waals surface area contributed by atoms with Crippen LogP contribution in [0.2, 0.25) is 0 Å². The Morgan fingerprint density at radius 1 is 1.50 bits per heavy atom. The van der Waals surface area contributed by atoms with Crippen molar-refractivity contribution in [2.45, 2.75) is 44.4 Å². The maximum absolute atomic E-state index is 13.3. The predicted octanol–water partition coefficient (Wildman–Crippen LogP) is 0.856. The first-order valence-electron chi connectivity index (χ1n) is 10.3. The molecular formula is C21H28FN9O. The van der Waals surface area contributed by atoms with E-state index in [2.05, 4.69) is 36.6 Å². The molecule has 0 saturated carbocycles. The minimum Gasteiger partial charge on any atom is -0.384 e. The van der Waals surface area contributed by atoms with Gasteiger partial charge in [0.1, 0.15) is 12.0 Å². The number of carbonyl (C=O) groups is 1. The number of pyridine rings is 1. The molecule has 7 N–H and O–H groups in total. The van der Waals surface area contributed by atoms with E-state index in [9.17, 15) is 14.4 Å². The summed E-state index contributed by atoms with van der Waals surface area (Å²) in [6.07, 6.45) is 5.32. The molecule has 0 aliphatic carbocycles. The Hall–Kier alpha value is -3.49. The number of hydrogen-bond donors (Lipinski definition) is 5. The van der Waals surface area contributed by atoms with Crippen LogP contribution >= 0.6 is 0 Å². The largest absolute Gasteiger partial charge is 0.384 e. The first-order chi connectivity index (χ1) is 15.3. The molecule has 1 fully saturated rings. The third kappa shape index (κ3) is 6.03. The number of nitriles is 1. The van der Waals surface area contributed by atoms with Crippen molar-refractivity contribution in [2.75, 3.05) is 18.4 Å². The van der Waals surface area contributed by atoms with Crippen molar-refractivity contribution < 1.29 is 9.18 Å². The van der Waals surface area contributed by atoms with E-state index in [1.807, 2.05) is 13.1 Å². The lowest BCUT2D eigenvalue weighted by atomic mass is 9.84. The number of halogens is 1. The SMILES string of the molecule is Cc1c[nH]c(CN2CCC(CC#N)(N/C=C(/C(N)=O)C(N)Nc3ccnc(F)c3)CC2)n1. The summed E-state index contributed by atoms with van der Waals surface area (Å²) in [7, 11) is 0. The fourth-order valence-corrected chi connectivity index (χ4v) is 3.72. The number of carbonyl (C=O) groups excluding carboxylic acids is 1. The molecule has 1 aliphatic rings. The van der Waals surface area contributed by atoms with Gasteiger partial charge in [-0.2, -0.15) is 9.65 Å². The van der Waals surface area contributed by atoms with Crippen molar-refractivity contribution in [1.82, 2.24) is 25.2 Å². The molecule has 2 aromatic heterocycles. The van der Waals surface area contributed by atoms with Gasteiger partial charge in [0.25, 0.3) is 0 Å². The van der Waals surface area contributed by atoms with Gasteiger partial charge in [-0.15, -0.1) is 0 Å². The van der Waals surface area contributed by atoms with Gasteiger partial charge in [0.2, 0.25) is 11.9 Å². The Balaban J connectivity index is 1.66. The van der Waals surface area contributed by atoms with E-state index >= 15 is 0 Å². The highest BCUT2D eigenvalue weighted by Gasteiger charge is 2.34. The topological polar surface area (TPSA) is 162 Å². The summed E-state index contributed by atoms with van der Waals surface area (Å²) in [5.74, 6) is -0.483. The molecule has 0 radical (unpaired) electrons.